The van der Waals surface area contributed by atoms with Crippen molar-refractivity contribution < 1.29 is 14.3 Å². The van der Waals surface area contributed by atoms with Gasteiger partial charge in [0.05, 0.1) is 0 Å². The van der Waals surface area contributed by atoms with Crippen LogP contribution in [-0.4, -0.2) is 6.16 Å². The first-order valence-electron chi connectivity index (χ1n) is 3.22. The lowest BCUT2D eigenvalue weighted by atomic mass is 10.3. The van der Waals surface area contributed by atoms with Gasteiger partial charge in [-0.3, -0.25) is 0 Å². The van der Waals surface area contributed by atoms with Crippen LogP contribution in [0.5, 0.6) is 5.75 Å². The van der Waals surface area contributed by atoms with Gasteiger partial charge in [-0.2, -0.15) is 0 Å². The molecule has 1 radical (unpaired) electrons. The van der Waals surface area contributed by atoms with E-state index >= 15 is 0 Å². The maximum atomic E-state index is 10.5. The molecule has 0 heterocycles. The van der Waals surface area contributed by atoms with Crippen molar-refractivity contribution in [3.8, 4) is 5.75 Å². The SMILES string of the molecule is [CH2]OC(=O)Oc1cccc(N)c1. The molecule has 0 saturated heterocycles. The summed E-state index contributed by atoms with van der Waals surface area (Å²) in [5.41, 5.74) is 5.95. The van der Waals surface area contributed by atoms with Crippen molar-refractivity contribution >= 4 is 11.8 Å². The van der Waals surface area contributed by atoms with E-state index in [4.69, 9.17) is 5.73 Å². The van der Waals surface area contributed by atoms with Gasteiger partial charge < -0.3 is 15.2 Å². The quantitative estimate of drug-likeness (QED) is 0.391. The van der Waals surface area contributed by atoms with Gasteiger partial charge in [0.25, 0.3) is 0 Å². The number of carbonyl (C=O) groups excluding carboxylic acids is 1. The molecule has 4 heteroatoms. The van der Waals surface area contributed by atoms with Crippen molar-refractivity contribution in [2.45, 2.75) is 0 Å². The Balaban J connectivity index is 2.69. The summed E-state index contributed by atoms with van der Waals surface area (Å²) in [6.07, 6.45) is -0.861. The van der Waals surface area contributed by atoms with Gasteiger partial charge in [-0.25, -0.2) is 4.79 Å². The highest BCUT2D eigenvalue weighted by Crippen LogP contribution is 2.14. The summed E-state index contributed by atoms with van der Waals surface area (Å²) in [6.45, 7) is 0. The maximum Gasteiger partial charge on any atom is 0.513 e. The van der Waals surface area contributed by atoms with E-state index in [1.165, 1.54) is 6.07 Å². The molecule has 0 aliphatic heterocycles. The Morgan fingerprint density at radius 2 is 2.25 bits per heavy atom. The van der Waals surface area contributed by atoms with Gasteiger partial charge >= 0.3 is 6.16 Å². The summed E-state index contributed by atoms with van der Waals surface area (Å²) in [5, 5.41) is 0. The molecule has 0 saturated carbocycles. The minimum absolute atomic E-state index is 0.337. The lowest BCUT2D eigenvalue weighted by Gasteiger charge is -2.01. The molecule has 0 aliphatic rings. The fourth-order valence-electron chi connectivity index (χ4n) is 0.704. The minimum Gasteiger partial charge on any atom is -0.430 e. The van der Waals surface area contributed by atoms with Gasteiger partial charge in [0.1, 0.15) is 12.9 Å². The number of anilines is 1. The maximum absolute atomic E-state index is 10.5. The standard InChI is InChI=1S/C8H8NO3/c1-11-8(10)12-7-4-2-3-6(9)5-7/h2-5H,1,9H2. The lowest BCUT2D eigenvalue weighted by Crippen LogP contribution is -2.06. The zero-order valence-electron chi connectivity index (χ0n) is 6.32. The van der Waals surface area contributed by atoms with E-state index in [-0.39, 0.29) is 0 Å². The molecule has 4 nitrogen and oxygen atoms in total. The Labute approximate surface area is 69.9 Å². The van der Waals surface area contributed by atoms with Crippen LogP contribution in [-0.2, 0) is 4.74 Å². The first-order valence-corrected chi connectivity index (χ1v) is 3.22. The van der Waals surface area contributed by atoms with Crippen molar-refractivity contribution in [1.82, 2.24) is 0 Å². The number of hydrogen-bond acceptors (Lipinski definition) is 4. The first kappa shape index (κ1) is 8.39. The summed E-state index contributed by atoms with van der Waals surface area (Å²) in [4.78, 5) is 10.5. The molecule has 12 heavy (non-hydrogen) atoms. The number of ether oxygens (including phenoxy) is 2. The van der Waals surface area contributed by atoms with Gasteiger partial charge in [-0.15, -0.1) is 0 Å². The van der Waals surface area contributed by atoms with Crippen LogP contribution in [0.3, 0.4) is 0 Å². The molecule has 0 spiro atoms. The minimum atomic E-state index is -0.861. The highest BCUT2D eigenvalue weighted by atomic mass is 16.7. The fraction of sp³-hybridized carbons (Fsp3) is 0. The highest BCUT2D eigenvalue weighted by Gasteiger charge is 2.02. The van der Waals surface area contributed by atoms with Crippen molar-refractivity contribution in [3.05, 3.63) is 31.4 Å². The summed E-state index contributed by atoms with van der Waals surface area (Å²) < 4.78 is 8.68. The number of carbonyl (C=O) groups is 1. The Kier molecular flexibility index (Phi) is 2.53. The molecule has 1 aromatic rings. The van der Waals surface area contributed by atoms with Crippen LogP contribution in [0.2, 0.25) is 0 Å². The van der Waals surface area contributed by atoms with E-state index in [9.17, 15) is 4.79 Å². The molecule has 1 rings (SSSR count). The molecule has 0 aromatic heterocycles. The number of rotatable bonds is 1. The Morgan fingerprint density at radius 3 is 2.83 bits per heavy atom. The van der Waals surface area contributed by atoms with E-state index in [1.54, 1.807) is 18.2 Å². The molecule has 0 fully saturated rings. The molecule has 63 valence electrons. The van der Waals surface area contributed by atoms with Crippen molar-refractivity contribution in [2.24, 2.45) is 0 Å². The van der Waals surface area contributed by atoms with Gasteiger partial charge in [0.2, 0.25) is 0 Å². The highest BCUT2D eigenvalue weighted by molar-refractivity contribution is 5.64. The Morgan fingerprint density at radius 1 is 1.50 bits per heavy atom. The summed E-state index contributed by atoms with van der Waals surface area (Å²) in [7, 11) is 2.90. The third kappa shape index (κ3) is 2.16. The fourth-order valence-corrected chi connectivity index (χ4v) is 0.704. The van der Waals surface area contributed by atoms with Crippen LogP contribution in [0, 0.1) is 7.11 Å². The molecular formula is C8H8NO3. The van der Waals surface area contributed by atoms with E-state index in [1.807, 2.05) is 0 Å². The number of nitrogen functional groups attached to an aromatic ring is 1. The van der Waals surface area contributed by atoms with Gasteiger partial charge in [-0.1, -0.05) is 6.07 Å². The molecule has 0 atom stereocenters. The summed E-state index contributed by atoms with van der Waals surface area (Å²) in [6, 6.07) is 6.45. The molecule has 0 aliphatic carbocycles. The zero-order valence-corrected chi connectivity index (χ0v) is 6.32. The summed E-state index contributed by atoms with van der Waals surface area (Å²) in [5.74, 6) is 0.337. The number of hydrogen-bond donors (Lipinski definition) is 1. The van der Waals surface area contributed by atoms with E-state index in [0.29, 0.717) is 11.4 Å². The number of benzene rings is 1. The second-order valence-electron chi connectivity index (χ2n) is 2.07. The number of nitrogens with two attached hydrogens (primary N) is 1. The van der Waals surface area contributed by atoms with Gasteiger partial charge in [-0.05, 0) is 12.1 Å². The van der Waals surface area contributed by atoms with Crippen LogP contribution in [0.4, 0.5) is 10.5 Å². The van der Waals surface area contributed by atoms with Crippen molar-refractivity contribution in [3.63, 3.8) is 0 Å². The predicted octanol–water partition coefficient (Wildman–Crippen LogP) is 1.58. The van der Waals surface area contributed by atoms with Crippen molar-refractivity contribution in [1.29, 1.82) is 0 Å². The lowest BCUT2D eigenvalue weighted by molar-refractivity contribution is 0.133. The Hall–Kier alpha value is -1.71. The van der Waals surface area contributed by atoms with Gasteiger partial charge in [0, 0.05) is 11.8 Å². The van der Waals surface area contributed by atoms with Crippen LogP contribution in [0.1, 0.15) is 0 Å². The first-order chi connectivity index (χ1) is 5.72. The van der Waals surface area contributed by atoms with Gasteiger partial charge in [0.15, 0.2) is 0 Å². The van der Waals surface area contributed by atoms with E-state index in [0.717, 1.165) is 0 Å². The van der Waals surface area contributed by atoms with Crippen LogP contribution >= 0.6 is 0 Å². The van der Waals surface area contributed by atoms with Crippen molar-refractivity contribution in [2.75, 3.05) is 5.73 Å². The molecular weight excluding hydrogens is 158 g/mol. The third-order valence-corrected chi connectivity index (χ3v) is 1.18. The zero-order chi connectivity index (χ0) is 8.97. The molecule has 2 N–H and O–H groups in total. The normalized spacial score (nSPS) is 9.08. The Bertz CT molecular complexity index is 285. The molecule has 0 unspecified atom stereocenters. The topological polar surface area (TPSA) is 61.5 Å². The predicted molar refractivity (Wildman–Crippen MR) is 43.3 cm³/mol. The molecule has 0 amide bonds. The van der Waals surface area contributed by atoms with Crippen LogP contribution < -0.4 is 10.5 Å². The van der Waals surface area contributed by atoms with Crippen LogP contribution in [0.25, 0.3) is 0 Å². The second-order valence-corrected chi connectivity index (χ2v) is 2.07. The average Bonchev–Trinajstić information content (AvgIpc) is 2.04. The monoisotopic (exact) mass is 166 g/mol. The van der Waals surface area contributed by atoms with E-state index in [2.05, 4.69) is 16.6 Å². The third-order valence-electron chi connectivity index (χ3n) is 1.18. The largest absolute Gasteiger partial charge is 0.513 e. The average molecular weight is 166 g/mol. The summed E-state index contributed by atoms with van der Waals surface area (Å²) >= 11 is 0. The smallest absolute Gasteiger partial charge is 0.430 e. The molecule has 0 bridgehead atoms. The second kappa shape index (κ2) is 3.61. The van der Waals surface area contributed by atoms with E-state index < -0.39 is 6.16 Å². The molecule has 1 aromatic carbocycles. The van der Waals surface area contributed by atoms with Crippen LogP contribution in [0.15, 0.2) is 24.3 Å².